The second-order valence-electron chi connectivity index (χ2n) is 6.39. The SMILES string of the molecule is CC1=C(Cc2ccc(CC3=C(C)C(=O)NC3=O)c(C)c2)C(=O)NC1=O. The summed E-state index contributed by atoms with van der Waals surface area (Å²) in [5, 5.41) is 4.59. The number of hydrogen-bond donors (Lipinski definition) is 2. The Bertz CT molecular complexity index is 906. The van der Waals surface area contributed by atoms with E-state index in [-0.39, 0.29) is 23.6 Å². The Morgan fingerprint density at radius 1 is 0.720 bits per heavy atom. The van der Waals surface area contributed by atoms with Crippen molar-refractivity contribution in [3.05, 3.63) is 57.2 Å². The van der Waals surface area contributed by atoms with Crippen molar-refractivity contribution in [1.82, 2.24) is 10.6 Å². The average Bonchev–Trinajstić information content (AvgIpc) is 2.93. The van der Waals surface area contributed by atoms with E-state index in [9.17, 15) is 19.2 Å². The van der Waals surface area contributed by atoms with E-state index in [0.717, 1.165) is 16.7 Å². The molecule has 0 saturated carbocycles. The van der Waals surface area contributed by atoms with Crippen LogP contribution in [0, 0.1) is 6.92 Å². The van der Waals surface area contributed by atoms with Crippen LogP contribution < -0.4 is 10.6 Å². The van der Waals surface area contributed by atoms with E-state index in [0.29, 0.717) is 35.1 Å². The van der Waals surface area contributed by atoms with Gasteiger partial charge in [-0.25, -0.2) is 0 Å². The Morgan fingerprint density at radius 2 is 1.24 bits per heavy atom. The van der Waals surface area contributed by atoms with Gasteiger partial charge in [0, 0.05) is 35.1 Å². The fraction of sp³-hybridized carbons (Fsp3) is 0.263. The molecule has 0 saturated heterocycles. The standard InChI is InChI=1S/C19H18N2O4/c1-9-6-12(7-14-10(2)16(22)20-18(14)24)4-5-13(9)8-15-11(3)17(23)21-19(15)25/h4-6H,7-8H2,1-3H3,(H,20,22,24)(H,21,23,25). The second-order valence-corrected chi connectivity index (χ2v) is 6.39. The maximum Gasteiger partial charge on any atom is 0.254 e. The highest BCUT2D eigenvalue weighted by Gasteiger charge is 2.28. The summed E-state index contributed by atoms with van der Waals surface area (Å²) in [7, 11) is 0. The molecule has 2 heterocycles. The average molecular weight is 338 g/mol. The number of aryl methyl sites for hydroxylation is 1. The van der Waals surface area contributed by atoms with E-state index in [4.69, 9.17) is 0 Å². The molecule has 0 unspecified atom stereocenters. The molecule has 2 aliphatic rings. The van der Waals surface area contributed by atoms with Gasteiger partial charge in [0.15, 0.2) is 0 Å². The van der Waals surface area contributed by atoms with Crippen LogP contribution >= 0.6 is 0 Å². The molecule has 0 aromatic heterocycles. The molecule has 0 aliphatic carbocycles. The first-order valence-corrected chi connectivity index (χ1v) is 7.97. The number of hydrogen-bond acceptors (Lipinski definition) is 4. The van der Waals surface area contributed by atoms with Crippen LogP contribution in [-0.4, -0.2) is 23.6 Å². The van der Waals surface area contributed by atoms with Crippen molar-refractivity contribution in [1.29, 1.82) is 0 Å². The molecule has 1 aromatic rings. The van der Waals surface area contributed by atoms with Gasteiger partial charge in [0.25, 0.3) is 23.6 Å². The fourth-order valence-corrected chi connectivity index (χ4v) is 3.05. The van der Waals surface area contributed by atoms with Crippen molar-refractivity contribution in [2.24, 2.45) is 0 Å². The predicted molar refractivity (Wildman–Crippen MR) is 90.3 cm³/mol. The largest absolute Gasteiger partial charge is 0.289 e. The minimum atomic E-state index is -0.342. The zero-order chi connectivity index (χ0) is 18.3. The molecular weight excluding hydrogens is 320 g/mol. The van der Waals surface area contributed by atoms with Crippen LogP contribution in [0.4, 0.5) is 0 Å². The topological polar surface area (TPSA) is 92.3 Å². The Balaban J connectivity index is 1.83. The van der Waals surface area contributed by atoms with Gasteiger partial charge >= 0.3 is 0 Å². The number of nitrogens with one attached hydrogen (secondary N) is 2. The predicted octanol–water partition coefficient (Wildman–Crippen LogP) is 1.03. The molecule has 128 valence electrons. The zero-order valence-corrected chi connectivity index (χ0v) is 14.3. The van der Waals surface area contributed by atoms with Crippen molar-refractivity contribution in [2.75, 3.05) is 0 Å². The molecule has 0 fully saturated rings. The minimum Gasteiger partial charge on any atom is -0.289 e. The first-order valence-electron chi connectivity index (χ1n) is 7.97. The molecule has 0 bridgehead atoms. The zero-order valence-electron chi connectivity index (χ0n) is 14.3. The normalized spacial score (nSPS) is 17.6. The van der Waals surface area contributed by atoms with Crippen LogP contribution in [0.2, 0.25) is 0 Å². The van der Waals surface area contributed by atoms with Gasteiger partial charge in [-0.15, -0.1) is 0 Å². The Kier molecular flexibility index (Phi) is 4.12. The van der Waals surface area contributed by atoms with Gasteiger partial charge in [-0.3, -0.25) is 29.8 Å². The first kappa shape index (κ1) is 16.8. The Morgan fingerprint density at radius 3 is 1.68 bits per heavy atom. The van der Waals surface area contributed by atoms with Crippen molar-refractivity contribution in [3.8, 4) is 0 Å². The van der Waals surface area contributed by atoms with Gasteiger partial charge in [-0.1, -0.05) is 18.2 Å². The van der Waals surface area contributed by atoms with Crippen molar-refractivity contribution in [2.45, 2.75) is 33.6 Å². The number of benzene rings is 1. The van der Waals surface area contributed by atoms with Gasteiger partial charge < -0.3 is 0 Å². The molecule has 1 aromatic carbocycles. The third-order valence-electron chi connectivity index (χ3n) is 4.74. The first-order chi connectivity index (χ1) is 11.8. The Hall–Kier alpha value is -3.02. The van der Waals surface area contributed by atoms with E-state index >= 15 is 0 Å². The minimum absolute atomic E-state index is 0.339. The summed E-state index contributed by atoms with van der Waals surface area (Å²) in [6, 6.07) is 5.71. The van der Waals surface area contributed by atoms with Crippen LogP contribution in [0.5, 0.6) is 0 Å². The summed E-state index contributed by atoms with van der Waals surface area (Å²) in [6.07, 6.45) is 0.765. The number of carbonyl (C=O) groups excluding carboxylic acids is 4. The lowest BCUT2D eigenvalue weighted by atomic mass is 9.94. The van der Waals surface area contributed by atoms with Crippen LogP contribution in [0.1, 0.15) is 30.5 Å². The maximum absolute atomic E-state index is 11.8. The van der Waals surface area contributed by atoms with E-state index in [1.54, 1.807) is 13.8 Å². The molecule has 3 rings (SSSR count). The molecule has 0 spiro atoms. The monoisotopic (exact) mass is 338 g/mol. The third-order valence-corrected chi connectivity index (χ3v) is 4.74. The maximum atomic E-state index is 11.8. The van der Waals surface area contributed by atoms with E-state index < -0.39 is 0 Å². The van der Waals surface area contributed by atoms with Gasteiger partial charge in [-0.05, 0) is 37.5 Å². The molecule has 6 nitrogen and oxygen atoms in total. The number of rotatable bonds is 4. The molecule has 25 heavy (non-hydrogen) atoms. The van der Waals surface area contributed by atoms with Crippen LogP contribution in [0.15, 0.2) is 40.5 Å². The van der Waals surface area contributed by atoms with E-state index in [2.05, 4.69) is 10.6 Å². The van der Waals surface area contributed by atoms with E-state index in [1.165, 1.54) is 0 Å². The fourth-order valence-electron chi connectivity index (χ4n) is 3.05. The van der Waals surface area contributed by atoms with Gasteiger partial charge in [0.2, 0.25) is 0 Å². The molecule has 0 atom stereocenters. The molecule has 2 aliphatic heterocycles. The lowest BCUT2D eigenvalue weighted by molar-refractivity contribution is -0.125. The summed E-state index contributed by atoms with van der Waals surface area (Å²) in [5.74, 6) is -1.36. The van der Waals surface area contributed by atoms with E-state index in [1.807, 2.05) is 25.1 Å². The summed E-state index contributed by atoms with van der Waals surface area (Å²) in [6.45, 7) is 5.20. The van der Waals surface area contributed by atoms with Crippen LogP contribution in [-0.2, 0) is 32.0 Å². The third kappa shape index (κ3) is 3.03. The highest BCUT2D eigenvalue weighted by atomic mass is 16.2. The van der Waals surface area contributed by atoms with Gasteiger partial charge in [-0.2, -0.15) is 0 Å². The highest BCUT2D eigenvalue weighted by Crippen LogP contribution is 2.23. The second kappa shape index (κ2) is 6.12. The van der Waals surface area contributed by atoms with Crippen molar-refractivity contribution >= 4 is 23.6 Å². The van der Waals surface area contributed by atoms with Crippen molar-refractivity contribution in [3.63, 3.8) is 0 Å². The molecule has 4 amide bonds. The van der Waals surface area contributed by atoms with Crippen LogP contribution in [0.3, 0.4) is 0 Å². The van der Waals surface area contributed by atoms with Gasteiger partial charge in [0.1, 0.15) is 0 Å². The summed E-state index contributed by atoms with van der Waals surface area (Å²) >= 11 is 0. The molecule has 6 heteroatoms. The summed E-state index contributed by atoms with van der Waals surface area (Å²) < 4.78 is 0. The van der Waals surface area contributed by atoms with Crippen molar-refractivity contribution < 1.29 is 19.2 Å². The lowest BCUT2D eigenvalue weighted by Gasteiger charge is -2.09. The molecular formula is C19H18N2O4. The smallest absolute Gasteiger partial charge is 0.254 e. The Labute approximate surface area is 145 Å². The highest BCUT2D eigenvalue weighted by molar-refractivity contribution is 6.19. The van der Waals surface area contributed by atoms with Gasteiger partial charge in [0.05, 0.1) is 0 Å². The summed E-state index contributed by atoms with van der Waals surface area (Å²) in [5.41, 5.74) is 4.70. The van der Waals surface area contributed by atoms with Crippen LogP contribution in [0.25, 0.3) is 0 Å². The summed E-state index contributed by atoms with van der Waals surface area (Å²) in [4.78, 5) is 46.7. The number of carbonyl (C=O) groups is 4. The number of amides is 4. The lowest BCUT2D eigenvalue weighted by Crippen LogP contribution is -2.23. The molecule has 2 N–H and O–H groups in total. The molecule has 0 radical (unpaired) electrons. The number of imide groups is 2. The quantitative estimate of drug-likeness (QED) is 0.802.